The van der Waals surface area contributed by atoms with Crippen LogP contribution in [0.4, 0.5) is 10.2 Å². The van der Waals surface area contributed by atoms with Crippen molar-refractivity contribution in [3.05, 3.63) is 47.4 Å². The van der Waals surface area contributed by atoms with E-state index in [1.165, 1.54) is 12.1 Å². The zero-order valence-electron chi connectivity index (χ0n) is 17.6. The van der Waals surface area contributed by atoms with E-state index in [4.69, 9.17) is 14.0 Å². The summed E-state index contributed by atoms with van der Waals surface area (Å²) >= 11 is 0. The van der Waals surface area contributed by atoms with E-state index in [-0.39, 0.29) is 5.56 Å². The van der Waals surface area contributed by atoms with Crippen LogP contribution in [0.2, 0.25) is 0 Å². The first kappa shape index (κ1) is 21.3. The summed E-state index contributed by atoms with van der Waals surface area (Å²) in [6.07, 6.45) is 1.58. The standard InChI is InChI=1S/C21H26BFN2O4/c1-7-27-17-11-14(19(26)25-18-10-13(2)8-9-24-18)16(23)12-15(17)22-28-20(3,4)21(5,6)29-22/h8-12H,7H2,1-6H3,(H,24,25,26). The average Bonchev–Trinajstić information content (AvgIpc) is 2.83. The Morgan fingerprint density at radius 1 is 1.21 bits per heavy atom. The Bertz CT molecular complexity index is 917. The lowest BCUT2D eigenvalue weighted by Gasteiger charge is -2.32. The van der Waals surface area contributed by atoms with Crippen LogP contribution in [0.3, 0.4) is 0 Å². The molecule has 29 heavy (non-hydrogen) atoms. The molecule has 1 N–H and O–H groups in total. The number of carbonyl (C=O) groups is 1. The third-order valence-corrected chi connectivity index (χ3v) is 5.31. The summed E-state index contributed by atoms with van der Waals surface area (Å²) in [5.41, 5.74) is 0.0433. The molecular weight excluding hydrogens is 374 g/mol. The Morgan fingerprint density at radius 3 is 2.45 bits per heavy atom. The van der Waals surface area contributed by atoms with Gasteiger partial charge in [-0.1, -0.05) is 0 Å². The molecule has 2 heterocycles. The molecule has 154 valence electrons. The smallest absolute Gasteiger partial charge is 0.494 e. The second-order valence-corrected chi connectivity index (χ2v) is 8.06. The fourth-order valence-electron chi connectivity index (χ4n) is 2.97. The van der Waals surface area contributed by atoms with Crippen LogP contribution >= 0.6 is 0 Å². The van der Waals surface area contributed by atoms with E-state index in [1.807, 2.05) is 47.6 Å². The second-order valence-electron chi connectivity index (χ2n) is 8.06. The zero-order chi connectivity index (χ0) is 21.4. The van der Waals surface area contributed by atoms with Crippen LogP contribution in [0, 0.1) is 12.7 Å². The summed E-state index contributed by atoms with van der Waals surface area (Å²) in [5.74, 6) is -0.609. The number of pyridine rings is 1. The molecule has 0 unspecified atom stereocenters. The Kier molecular flexibility index (Phi) is 5.69. The number of carbonyl (C=O) groups excluding carboxylic acids is 1. The quantitative estimate of drug-likeness (QED) is 0.779. The fraction of sp³-hybridized carbons (Fsp3) is 0.429. The highest BCUT2D eigenvalue weighted by Gasteiger charge is 2.52. The van der Waals surface area contributed by atoms with E-state index in [9.17, 15) is 9.18 Å². The molecule has 1 amide bonds. The summed E-state index contributed by atoms with van der Waals surface area (Å²) in [6, 6.07) is 6.14. The summed E-state index contributed by atoms with van der Waals surface area (Å²) in [4.78, 5) is 16.7. The molecular formula is C21H26BFN2O4. The van der Waals surface area contributed by atoms with Gasteiger partial charge in [0.25, 0.3) is 5.91 Å². The molecule has 1 aliphatic heterocycles. The number of aromatic nitrogens is 1. The summed E-state index contributed by atoms with van der Waals surface area (Å²) < 4.78 is 32.6. The third kappa shape index (κ3) is 4.28. The Balaban J connectivity index is 1.93. The van der Waals surface area contributed by atoms with Crippen molar-refractivity contribution in [3.8, 4) is 5.75 Å². The summed E-state index contributed by atoms with van der Waals surface area (Å²) in [6.45, 7) is 11.7. The molecule has 0 radical (unpaired) electrons. The van der Waals surface area contributed by atoms with E-state index >= 15 is 0 Å². The number of amides is 1. The van der Waals surface area contributed by atoms with Gasteiger partial charge in [0.15, 0.2) is 0 Å². The highest BCUT2D eigenvalue weighted by atomic mass is 19.1. The van der Waals surface area contributed by atoms with Gasteiger partial charge in [0.2, 0.25) is 0 Å². The minimum Gasteiger partial charge on any atom is -0.494 e. The van der Waals surface area contributed by atoms with Gasteiger partial charge in [-0.2, -0.15) is 0 Å². The lowest BCUT2D eigenvalue weighted by Crippen LogP contribution is -2.41. The van der Waals surface area contributed by atoms with Gasteiger partial charge < -0.3 is 19.4 Å². The van der Waals surface area contributed by atoms with Crippen molar-refractivity contribution in [2.45, 2.75) is 52.7 Å². The van der Waals surface area contributed by atoms with E-state index < -0.39 is 30.0 Å². The first-order valence-electron chi connectivity index (χ1n) is 9.60. The maximum Gasteiger partial charge on any atom is 0.498 e. The van der Waals surface area contributed by atoms with Gasteiger partial charge >= 0.3 is 7.12 Å². The normalized spacial score (nSPS) is 17.3. The second kappa shape index (κ2) is 7.76. The van der Waals surface area contributed by atoms with Crippen LogP contribution in [-0.4, -0.2) is 35.8 Å². The van der Waals surface area contributed by atoms with Crippen LogP contribution in [0.15, 0.2) is 30.5 Å². The van der Waals surface area contributed by atoms with Gasteiger partial charge in [0.1, 0.15) is 17.4 Å². The number of benzene rings is 1. The fourth-order valence-corrected chi connectivity index (χ4v) is 2.97. The maximum atomic E-state index is 14.9. The number of aryl methyl sites for hydroxylation is 1. The highest BCUT2D eigenvalue weighted by Crippen LogP contribution is 2.37. The van der Waals surface area contributed by atoms with Crippen molar-refractivity contribution < 1.29 is 23.2 Å². The largest absolute Gasteiger partial charge is 0.498 e. The number of hydrogen-bond acceptors (Lipinski definition) is 5. The van der Waals surface area contributed by atoms with Gasteiger partial charge in [0.05, 0.1) is 23.4 Å². The number of nitrogens with zero attached hydrogens (tertiary/aromatic N) is 1. The number of ether oxygens (including phenoxy) is 1. The number of halogens is 1. The zero-order valence-corrected chi connectivity index (χ0v) is 17.6. The number of rotatable bonds is 5. The van der Waals surface area contributed by atoms with Crippen LogP contribution in [0.5, 0.6) is 5.75 Å². The predicted molar refractivity (Wildman–Crippen MR) is 110 cm³/mol. The highest BCUT2D eigenvalue weighted by molar-refractivity contribution is 6.63. The van der Waals surface area contributed by atoms with Crippen molar-refractivity contribution >= 4 is 24.3 Å². The van der Waals surface area contributed by atoms with Gasteiger partial charge in [-0.05, 0) is 71.4 Å². The molecule has 0 bridgehead atoms. The molecule has 0 atom stereocenters. The monoisotopic (exact) mass is 400 g/mol. The van der Waals surface area contributed by atoms with Gasteiger partial charge in [0, 0.05) is 11.7 Å². The minimum atomic E-state index is -0.799. The van der Waals surface area contributed by atoms with Crippen molar-refractivity contribution in [3.63, 3.8) is 0 Å². The Labute approximate surface area is 170 Å². The molecule has 1 aromatic carbocycles. The van der Waals surface area contributed by atoms with Crippen LogP contribution in [0.1, 0.15) is 50.5 Å². The minimum absolute atomic E-state index is 0.142. The van der Waals surface area contributed by atoms with Crippen molar-refractivity contribution in [2.24, 2.45) is 0 Å². The molecule has 8 heteroatoms. The topological polar surface area (TPSA) is 69.7 Å². The SMILES string of the molecule is CCOc1cc(C(=O)Nc2cc(C)ccn2)c(F)cc1B1OC(C)(C)C(C)(C)O1. The van der Waals surface area contributed by atoms with Gasteiger partial charge in [-0.15, -0.1) is 0 Å². The third-order valence-electron chi connectivity index (χ3n) is 5.31. The Hall–Kier alpha value is -2.45. The number of nitrogens with one attached hydrogen (secondary N) is 1. The lowest BCUT2D eigenvalue weighted by molar-refractivity contribution is 0.00578. The first-order valence-corrected chi connectivity index (χ1v) is 9.60. The van der Waals surface area contributed by atoms with Gasteiger partial charge in [-0.25, -0.2) is 9.37 Å². The molecule has 0 spiro atoms. The summed E-state index contributed by atoms with van der Waals surface area (Å²) in [5, 5.41) is 2.62. The number of anilines is 1. The van der Waals surface area contributed by atoms with E-state index in [2.05, 4.69) is 10.3 Å². The molecule has 0 saturated carbocycles. The summed E-state index contributed by atoms with van der Waals surface area (Å²) in [7, 11) is -0.799. The van der Waals surface area contributed by atoms with E-state index in [0.717, 1.165) is 5.56 Å². The maximum absolute atomic E-state index is 14.9. The van der Waals surface area contributed by atoms with Crippen molar-refractivity contribution in [2.75, 3.05) is 11.9 Å². The van der Waals surface area contributed by atoms with Crippen LogP contribution < -0.4 is 15.5 Å². The van der Waals surface area contributed by atoms with E-state index in [0.29, 0.717) is 23.6 Å². The molecule has 2 aromatic rings. The lowest BCUT2D eigenvalue weighted by atomic mass is 9.77. The molecule has 6 nitrogen and oxygen atoms in total. The van der Waals surface area contributed by atoms with Crippen LogP contribution in [0.25, 0.3) is 0 Å². The molecule has 1 saturated heterocycles. The van der Waals surface area contributed by atoms with Crippen molar-refractivity contribution in [1.82, 2.24) is 4.98 Å². The predicted octanol–water partition coefficient (Wildman–Crippen LogP) is 3.48. The Morgan fingerprint density at radius 2 is 1.86 bits per heavy atom. The first-order chi connectivity index (χ1) is 13.5. The van der Waals surface area contributed by atoms with Crippen LogP contribution in [-0.2, 0) is 9.31 Å². The van der Waals surface area contributed by atoms with E-state index in [1.54, 1.807) is 12.3 Å². The molecule has 3 rings (SSSR count). The van der Waals surface area contributed by atoms with Gasteiger partial charge in [-0.3, -0.25) is 4.79 Å². The number of hydrogen-bond donors (Lipinski definition) is 1. The molecule has 1 aliphatic rings. The average molecular weight is 400 g/mol. The van der Waals surface area contributed by atoms with Crippen molar-refractivity contribution in [1.29, 1.82) is 0 Å². The molecule has 1 aromatic heterocycles. The molecule has 1 fully saturated rings. The molecule has 0 aliphatic carbocycles.